The lowest BCUT2D eigenvalue weighted by Gasteiger charge is -2.06. The van der Waals surface area contributed by atoms with Gasteiger partial charge in [-0.1, -0.05) is 0 Å². The molecule has 0 spiro atoms. The molecule has 0 radical (unpaired) electrons. The van der Waals surface area contributed by atoms with Crippen molar-refractivity contribution in [1.82, 2.24) is 9.55 Å². The third kappa shape index (κ3) is 1.88. The van der Waals surface area contributed by atoms with Crippen LogP contribution in [0.4, 0.5) is 0 Å². The number of nitrogens with zero attached hydrogens (tertiary/aromatic N) is 2. The molecule has 0 aromatic carbocycles. The topological polar surface area (TPSA) is 84.6 Å². The summed E-state index contributed by atoms with van der Waals surface area (Å²) in [5, 5.41) is 17.7. The average Bonchev–Trinajstić information content (AvgIpc) is 2.08. The summed E-state index contributed by atoms with van der Waals surface area (Å²) in [6.07, 6.45) is 1.26. The maximum atomic E-state index is 11.0. The lowest BCUT2D eigenvalue weighted by Crippen LogP contribution is -2.37. The van der Waals surface area contributed by atoms with Gasteiger partial charge in [0.1, 0.15) is 0 Å². The van der Waals surface area contributed by atoms with Crippen LogP contribution >= 0.6 is 0 Å². The molecule has 0 fully saturated rings. The van der Waals surface area contributed by atoms with Crippen molar-refractivity contribution in [3.63, 3.8) is 0 Å². The maximum absolute atomic E-state index is 11.0. The number of hydrogen-bond acceptors (Lipinski definition) is 5. The number of hydrogen-bond donors (Lipinski definition) is 2. The van der Waals surface area contributed by atoms with Crippen molar-refractivity contribution >= 4 is 12.6 Å². The standard InChI is InChI=1S/C6H9BN2O4/c1-9-3-4(7(11)12)5(13-2)8-6(9)10/h3,11-12H,1-2H3. The van der Waals surface area contributed by atoms with Crippen LogP contribution in [0.5, 0.6) is 5.88 Å². The van der Waals surface area contributed by atoms with E-state index in [0.717, 1.165) is 4.57 Å². The highest BCUT2D eigenvalue weighted by Crippen LogP contribution is 1.96. The van der Waals surface area contributed by atoms with E-state index in [1.54, 1.807) is 0 Å². The van der Waals surface area contributed by atoms with E-state index in [-0.39, 0.29) is 11.3 Å². The largest absolute Gasteiger partial charge is 0.495 e. The van der Waals surface area contributed by atoms with Gasteiger partial charge in [0, 0.05) is 13.2 Å². The molecule has 0 aliphatic rings. The molecule has 0 saturated heterocycles. The molecular weight excluding hydrogens is 175 g/mol. The first kappa shape index (κ1) is 9.75. The molecule has 2 N–H and O–H groups in total. The molecule has 0 aliphatic heterocycles. The second kappa shape index (κ2) is 3.59. The lowest BCUT2D eigenvalue weighted by molar-refractivity contribution is 0.386. The fourth-order valence-corrected chi connectivity index (χ4v) is 0.890. The SMILES string of the molecule is COc1nc(=O)n(C)cc1B(O)O. The Morgan fingerprint density at radius 2 is 2.23 bits per heavy atom. The van der Waals surface area contributed by atoms with Crippen LogP contribution in [0.15, 0.2) is 11.0 Å². The molecule has 1 heterocycles. The second-order valence-electron chi connectivity index (χ2n) is 2.47. The van der Waals surface area contributed by atoms with Crippen molar-refractivity contribution in [2.24, 2.45) is 7.05 Å². The number of ether oxygens (including phenoxy) is 1. The molecule has 0 amide bonds. The van der Waals surface area contributed by atoms with Crippen molar-refractivity contribution in [2.45, 2.75) is 0 Å². The quantitative estimate of drug-likeness (QED) is 0.495. The van der Waals surface area contributed by atoms with E-state index >= 15 is 0 Å². The predicted molar refractivity (Wildman–Crippen MR) is 45.9 cm³/mol. The summed E-state index contributed by atoms with van der Waals surface area (Å²) in [5.41, 5.74) is -0.453. The normalized spacial score (nSPS) is 9.85. The number of methoxy groups -OCH3 is 1. The first-order chi connectivity index (χ1) is 6.06. The van der Waals surface area contributed by atoms with Crippen molar-refractivity contribution in [1.29, 1.82) is 0 Å². The van der Waals surface area contributed by atoms with E-state index in [0.29, 0.717) is 0 Å². The zero-order valence-electron chi connectivity index (χ0n) is 7.26. The molecule has 1 aromatic heterocycles. The predicted octanol–water partition coefficient (Wildman–Crippen LogP) is -2.53. The summed E-state index contributed by atoms with van der Waals surface area (Å²) >= 11 is 0. The zero-order valence-corrected chi connectivity index (χ0v) is 7.26. The minimum Gasteiger partial charge on any atom is -0.481 e. The number of rotatable bonds is 2. The molecule has 0 unspecified atom stereocenters. The highest BCUT2D eigenvalue weighted by Gasteiger charge is 2.19. The van der Waals surface area contributed by atoms with Crippen LogP contribution in [0.2, 0.25) is 0 Å². The Labute approximate surface area is 74.6 Å². The monoisotopic (exact) mass is 184 g/mol. The molecule has 0 aliphatic carbocycles. The molecule has 6 nitrogen and oxygen atoms in total. The summed E-state index contributed by atoms with van der Waals surface area (Å²) in [5.74, 6) is -0.0712. The molecule has 0 bridgehead atoms. The van der Waals surface area contributed by atoms with Crippen molar-refractivity contribution in [2.75, 3.05) is 7.11 Å². The molecule has 1 aromatic rings. The van der Waals surface area contributed by atoms with Crippen molar-refractivity contribution in [3.05, 3.63) is 16.7 Å². The van der Waals surface area contributed by atoms with Gasteiger partial charge in [-0.05, 0) is 0 Å². The van der Waals surface area contributed by atoms with Gasteiger partial charge in [0.05, 0.1) is 12.6 Å². The van der Waals surface area contributed by atoms with Crippen LogP contribution in [-0.2, 0) is 7.05 Å². The Morgan fingerprint density at radius 3 is 2.69 bits per heavy atom. The Balaban J connectivity index is 3.33. The molecule has 0 saturated carbocycles. The molecule has 70 valence electrons. The van der Waals surface area contributed by atoms with Gasteiger partial charge in [0.15, 0.2) is 0 Å². The van der Waals surface area contributed by atoms with E-state index in [1.807, 2.05) is 0 Å². The maximum Gasteiger partial charge on any atom is 0.495 e. The van der Waals surface area contributed by atoms with Gasteiger partial charge in [0.25, 0.3) is 0 Å². The number of aromatic nitrogens is 2. The van der Waals surface area contributed by atoms with E-state index in [9.17, 15) is 4.79 Å². The third-order valence-corrected chi connectivity index (χ3v) is 1.55. The Bertz CT molecular complexity index is 362. The van der Waals surface area contributed by atoms with E-state index < -0.39 is 12.8 Å². The lowest BCUT2D eigenvalue weighted by atomic mass is 9.82. The molecule has 13 heavy (non-hydrogen) atoms. The second-order valence-corrected chi connectivity index (χ2v) is 2.47. The first-order valence-electron chi connectivity index (χ1n) is 3.54. The minimum absolute atomic E-state index is 0.0598. The highest BCUT2D eigenvalue weighted by atomic mass is 16.5. The minimum atomic E-state index is -1.70. The van der Waals surface area contributed by atoms with Gasteiger partial charge in [-0.2, -0.15) is 4.98 Å². The first-order valence-corrected chi connectivity index (χ1v) is 3.54. The summed E-state index contributed by atoms with van der Waals surface area (Å²) in [4.78, 5) is 14.5. The summed E-state index contributed by atoms with van der Waals surface area (Å²) < 4.78 is 5.83. The molecule has 0 atom stereocenters. The third-order valence-electron chi connectivity index (χ3n) is 1.55. The molecular formula is C6H9BN2O4. The Morgan fingerprint density at radius 1 is 1.62 bits per heavy atom. The van der Waals surface area contributed by atoms with Gasteiger partial charge in [-0.3, -0.25) is 0 Å². The number of aryl methyl sites for hydroxylation is 1. The molecule has 1 rings (SSSR count). The Kier molecular flexibility index (Phi) is 2.69. The summed E-state index contributed by atoms with van der Waals surface area (Å²) in [6.45, 7) is 0. The summed E-state index contributed by atoms with van der Waals surface area (Å²) in [7, 11) is 1.06. The Hall–Kier alpha value is -1.34. The van der Waals surface area contributed by atoms with Crippen LogP contribution in [0, 0.1) is 0 Å². The highest BCUT2D eigenvalue weighted by molar-refractivity contribution is 6.59. The van der Waals surface area contributed by atoms with E-state index in [4.69, 9.17) is 14.8 Å². The fraction of sp³-hybridized carbons (Fsp3) is 0.333. The van der Waals surface area contributed by atoms with Crippen LogP contribution in [0.25, 0.3) is 0 Å². The van der Waals surface area contributed by atoms with Gasteiger partial charge >= 0.3 is 12.8 Å². The molecule has 7 heteroatoms. The van der Waals surface area contributed by atoms with E-state index in [2.05, 4.69) is 4.98 Å². The van der Waals surface area contributed by atoms with Crippen LogP contribution in [-0.4, -0.2) is 33.8 Å². The fourth-order valence-electron chi connectivity index (χ4n) is 0.890. The van der Waals surface area contributed by atoms with Crippen LogP contribution < -0.4 is 15.9 Å². The van der Waals surface area contributed by atoms with Gasteiger partial charge in [-0.15, -0.1) is 0 Å². The smallest absolute Gasteiger partial charge is 0.481 e. The van der Waals surface area contributed by atoms with Gasteiger partial charge in [0.2, 0.25) is 5.88 Å². The summed E-state index contributed by atoms with van der Waals surface area (Å²) in [6, 6.07) is 0. The van der Waals surface area contributed by atoms with Crippen molar-refractivity contribution in [3.8, 4) is 5.88 Å². The van der Waals surface area contributed by atoms with Gasteiger partial charge < -0.3 is 19.4 Å². The van der Waals surface area contributed by atoms with E-state index in [1.165, 1.54) is 20.4 Å². The zero-order chi connectivity index (χ0) is 10.0. The van der Waals surface area contributed by atoms with Crippen molar-refractivity contribution < 1.29 is 14.8 Å². The van der Waals surface area contributed by atoms with Crippen LogP contribution in [0.3, 0.4) is 0 Å². The van der Waals surface area contributed by atoms with Gasteiger partial charge in [-0.25, -0.2) is 4.79 Å². The average molecular weight is 184 g/mol. The van der Waals surface area contributed by atoms with Crippen LogP contribution in [0.1, 0.15) is 0 Å².